The molecule has 1 aromatic carbocycles. The highest BCUT2D eigenvalue weighted by Crippen LogP contribution is 2.32. The van der Waals surface area contributed by atoms with Crippen LogP contribution in [0, 0.1) is 0 Å². The highest BCUT2D eigenvalue weighted by Gasteiger charge is 2.12. The van der Waals surface area contributed by atoms with Gasteiger partial charge in [-0.1, -0.05) is 30.1 Å². The van der Waals surface area contributed by atoms with Gasteiger partial charge in [-0.25, -0.2) is 0 Å². The number of ether oxygens (including phenoxy) is 1. The van der Waals surface area contributed by atoms with Crippen LogP contribution in [0.5, 0.6) is 5.75 Å². The molecule has 2 aromatic rings. The van der Waals surface area contributed by atoms with Crippen LogP contribution in [0.4, 0.5) is 0 Å². The molecule has 112 valence electrons. The largest absolute Gasteiger partial charge is 0.485 e. The first-order valence-corrected chi connectivity index (χ1v) is 7.47. The van der Waals surface area contributed by atoms with E-state index < -0.39 is 0 Å². The number of halogens is 2. The molecule has 0 radical (unpaired) electrons. The summed E-state index contributed by atoms with van der Waals surface area (Å²) in [7, 11) is 0. The summed E-state index contributed by atoms with van der Waals surface area (Å²) < 4.78 is 7.60. The lowest BCUT2D eigenvalue weighted by Gasteiger charge is -2.11. The molecule has 1 heterocycles. The van der Waals surface area contributed by atoms with Crippen LogP contribution < -0.4 is 4.74 Å². The molecule has 0 aliphatic carbocycles. The van der Waals surface area contributed by atoms with Crippen molar-refractivity contribution in [1.82, 2.24) is 9.78 Å². The first kappa shape index (κ1) is 15.9. The second-order valence-corrected chi connectivity index (χ2v) is 5.35. The van der Waals surface area contributed by atoms with Crippen molar-refractivity contribution in [3.63, 3.8) is 0 Å². The van der Waals surface area contributed by atoms with E-state index in [1.165, 1.54) is 6.07 Å². The summed E-state index contributed by atoms with van der Waals surface area (Å²) in [5.74, 6) is 0.345. The van der Waals surface area contributed by atoms with Crippen LogP contribution in [0.25, 0.3) is 0 Å². The third-order valence-corrected chi connectivity index (χ3v) is 3.60. The normalized spacial score (nSPS) is 10.7. The van der Waals surface area contributed by atoms with Crippen LogP contribution >= 0.6 is 23.2 Å². The fraction of sp³-hybridized carbons (Fsp3) is 0.333. The van der Waals surface area contributed by atoms with Gasteiger partial charge in [-0.3, -0.25) is 9.48 Å². The quantitative estimate of drug-likeness (QED) is 0.748. The fourth-order valence-corrected chi connectivity index (χ4v) is 2.61. The number of benzene rings is 1. The third kappa shape index (κ3) is 3.57. The Balaban J connectivity index is 2.24. The Morgan fingerprint density at radius 3 is 2.67 bits per heavy atom. The predicted molar refractivity (Wildman–Crippen MR) is 83.5 cm³/mol. The Labute approximate surface area is 133 Å². The molecule has 1 aromatic heterocycles. The summed E-state index contributed by atoms with van der Waals surface area (Å²) in [5, 5.41) is 5.18. The van der Waals surface area contributed by atoms with Crippen LogP contribution in [-0.2, 0) is 19.6 Å². The second-order valence-electron chi connectivity index (χ2n) is 4.51. The highest BCUT2D eigenvalue weighted by molar-refractivity contribution is 6.36. The lowest BCUT2D eigenvalue weighted by molar-refractivity contribution is 0.111. The van der Waals surface area contributed by atoms with Crippen molar-refractivity contribution in [2.45, 2.75) is 33.4 Å². The first-order valence-electron chi connectivity index (χ1n) is 6.71. The van der Waals surface area contributed by atoms with Gasteiger partial charge in [-0.2, -0.15) is 5.10 Å². The summed E-state index contributed by atoms with van der Waals surface area (Å²) >= 11 is 12.0. The number of carbonyl (C=O) groups is 1. The van der Waals surface area contributed by atoms with Crippen molar-refractivity contribution < 1.29 is 9.53 Å². The molecule has 0 N–H and O–H groups in total. The summed E-state index contributed by atoms with van der Waals surface area (Å²) in [4.78, 5) is 11.1. The molecule has 2 rings (SSSR count). The molecular formula is C15H16Cl2N2O2. The third-order valence-electron chi connectivity index (χ3n) is 3.10. The molecule has 0 amide bonds. The van der Waals surface area contributed by atoms with Crippen molar-refractivity contribution in [3.05, 3.63) is 45.2 Å². The number of rotatable bonds is 6. The molecule has 0 bridgehead atoms. The van der Waals surface area contributed by atoms with E-state index in [0.29, 0.717) is 34.3 Å². The number of nitrogens with zero attached hydrogens (tertiary/aromatic N) is 2. The molecular weight excluding hydrogens is 311 g/mol. The van der Waals surface area contributed by atoms with Crippen LogP contribution in [0.15, 0.2) is 18.2 Å². The molecule has 0 fully saturated rings. The minimum absolute atomic E-state index is 0.295. The van der Waals surface area contributed by atoms with Crippen LogP contribution in [0.3, 0.4) is 0 Å². The van der Waals surface area contributed by atoms with Crippen LogP contribution in [0.2, 0.25) is 10.0 Å². The minimum Gasteiger partial charge on any atom is -0.485 e. The Hall–Kier alpha value is -1.52. The van der Waals surface area contributed by atoms with E-state index >= 15 is 0 Å². The van der Waals surface area contributed by atoms with Gasteiger partial charge >= 0.3 is 0 Å². The predicted octanol–water partition coefficient (Wildman–Crippen LogP) is 4.16. The van der Waals surface area contributed by atoms with Gasteiger partial charge < -0.3 is 4.74 Å². The minimum atomic E-state index is 0.295. The number of hydrogen-bond donors (Lipinski definition) is 0. The van der Waals surface area contributed by atoms with Crippen molar-refractivity contribution in [1.29, 1.82) is 0 Å². The molecule has 0 atom stereocenters. The number of carbonyl (C=O) groups excluding carboxylic acids is 1. The zero-order chi connectivity index (χ0) is 15.4. The van der Waals surface area contributed by atoms with E-state index in [9.17, 15) is 4.79 Å². The molecule has 0 saturated carbocycles. The molecule has 21 heavy (non-hydrogen) atoms. The Bertz CT molecular complexity index is 653. The maximum absolute atomic E-state index is 11.1. The SMILES string of the molecule is CCc1cc(COc2c(Cl)cc(Cl)cc2C=O)n(CC)n1. The molecule has 6 heteroatoms. The van der Waals surface area contributed by atoms with Gasteiger partial charge in [0, 0.05) is 11.6 Å². The smallest absolute Gasteiger partial charge is 0.153 e. The lowest BCUT2D eigenvalue weighted by atomic mass is 10.2. The van der Waals surface area contributed by atoms with Crippen LogP contribution in [0.1, 0.15) is 35.6 Å². The van der Waals surface area contributed by atoms with Gasteiger partial charge in [-0.15, -0.1) is 0 Å². The average molecular weight is 327 g/mol. The van der Waals surface area contributed by atoms with E-state index in [1.807, 2.05) is 24.6 Å². The van der Waals surface area contributed by atoms with Gasteiger partial charge in [-0.05, 0) is 31.5 Å². The van der Waals surface area contributed by atoms with E-state index in [1.54, 1.807) is 6.07 Å². The monoisotopic (exact) mass is 326 g/mol. The number of aryl methyl sites for hydroxylation is 2. The first-order chi connectivity index (χ1) is 10.1. The van der Waals surface area contributed by atoms with Crippen molar-refractivity contribution >= 4 is 29.5 Å². The van der Waals surface area contributed by atoms with Crippen LogP contribution in [-0.4, -0.2) is 16.1 Å². The highest BCUT2D eigenvalue weighted by atomic mass is 35.5. The summed E-state index contributed by atoms with van der Waals surface area (Å²) in [6, 6.07) is 5.08. The lowest BCUT2D eigenvalue weighted by Crippen LogP contribution is -2.07. The van der Waals surface area contributed by atoms with Crippen molar-refractivity contribution in [2.24, 2.45) is 0 Å². The summed E-state index contributed by atoms with van der Waals surface area (Å²) in [6.07, 6.45) is 1.54. The topological polar surface area (TPSA) is 44.1 Å². The second kappa shape index (κ2) is 6.96. The molecule has 0 unspecified atom stereocenters. The molecule has 0 aliphatic rings. The molecule has 0 spiro atoms. The summed E-state index contributed by atoms with van der Waals surface area (Å²) in [6.45, 7) is 5.12. The fourth-order valence-electron chi connectivity index (χ4n) is 2.04. The number of hydrogen-bond acceptors (Lipinski definition) is 3. The van der Waals surface area contributed by atoms with Gasteiger partial charge in [0.2, 0.25) is 0 Å². The Morgan fingerprint density at radius 2 is 2.05 bits per heavy atom. The molecule has 4 nitrogen and oxygen atoms in total. The van der Waals surface area contributed by atoms with E-state index in [2.05, 4.69) is 5.10 Å². The zero-order valence-electron chi connectivity index (χ0n) is 11.9. The van der Waals surface area contributed by atoms with E-state index in [-0.39, 0.29) is 0 Å². The van der Waals surface area contributed by atoms with Crippen molar-refractivity contribution in [3.8, 4) is 5.75 Å². The molecule has 0 saturated heterocycles. The standard InChI is InChI=1S/C15H16Cl2N2O2/c1-3-12-7-13(19(4-2)18-12)9-21-15-10(8-20)5-11(16)6-14(15)17/h5-8H,3-4,9H2,1-2H3. The van der Waals surface area contributed by atoms with E-state index in [4.69, 9.17) is 27.9 Å². The van der Waals surface area contributed by atoms with E-state index in [0.717, 1.165) is 24.4 Å². The Kier molecular flexibility index (Phi) is 5.26. The average Bonchev–Trinajstić information content (AvgIpc) is 2.88. The Morgan fingerprint density at radius 1 is 1.29 bits per heavy atom. The van der Waals surface area contributed by atoms with Gasteiger partial charge in [0.25, 0.3) is 0 Å². The van der Waals surface area contributed by atoms with Gasteiger partial charge in [0.05, 0.1) is 22.0 Å². The number of aldehydes is 1. The number of aromatic nitrogens is 2. The van der Waals surface area contributed by atoms with Crippen molar-refractivity contribution in [2.75, 3.05) is 0 Å². The molecule has 0 aliphatic heterocycles. The summed E-state index contributed by atoms with van der Waals surface area (Å²) in [5.41, 5.74) is 2.29. The maximum Gasteiger partial charge on any atom is 0.153 e. The van der Waals surface area contributed by atoms with Gasteiger partial charge in [0.1, 0.15) is 12.4 Å². The van der Waals surface area contributed by atoms with Gasteiger partial charge in [0.15, 0.2) is 6.29 Å². The zero-order valence-corrected chi connectivity index (χ0v) is 13.4. The maximum atomic E-state index is 11.1.